The number of non-ortho nitro benzene ring substituents is 1. The molecule has 1 aliphatic rings. The van der Waals surface area contributed by atoms with Crippen LogP contribution in [0.4, 0.5) is 5.69 Å². The zero-order chi connectivity index (χ0) is 27.1. The van der Waals surface area contributed by atoms with Crippen molar-refractivity contribution in [2.24, 2.45) is 0 Å². The van der Waals surface area contributed by atoms with E-state index in [1.54, 1.807) is 31.2 Å². The number of rotatable bonds is 9. The number of benzene rings is 3. The summed E-state index contributed by atoms with van der Waals surface area (Å²) in [5.74, 6) is -1.34. The third-order valence-electron chi connectivity index (χ3n) is 6.07. The predicted molar refractivity (Wildman–Crippen MR) is 137 cm³/mol. The second-order valence-electron chi connectivity index (χ2n) is 8.68. The summed E-state index contributed by atoms with van der Waals surface area (Å²) in [4.78, 5) is 51.0. The summed E-state index contributed by atoms with van der Waals surface area (Å²) < 4.78 is 11.2. The van der Waals surface area contributed by atoms with Crippen molar-refractivity contribution in [1.82, 2.24) is 10.2 Å². The topological polar surface area (TPSA) is 128 Å². The molecule has 0 saturated carbocycles. The van der Waals surface area contributed by atoms with Crippen molar-refractivity contribution in [3.05, 3.63) is 106 Å². The van der Waals surface area contributed by atoms with E-state index in [1.807, 2.05) is 36.4 Å². The Bertz CT molecular complexity index is 1310. The van der Waals surface area contributed by atoms with Crippen molar-refractivity contribution in [2.45, 2.75) is 25.5 Å². The van der Waals surface area contributed by atoms with Crippen LogP contribution in [0.25, 0.3) is 0 Å². The highest BCUT2D eigenvalue weighted by Gasteiger charge is 2.33. The zero-order valence-corrected chi connectivity index (χ0v) is 20.7. The lowest BCUT2D eigenvalue weighted by molar-refractivity contribution is -0.384. The SMILES string of the molecule is CCOC(=O)C[C@@H](NC(=O)CN1C[C@H](c2ccccc2)Oc2ccc([N+](=O)[O-])cc2C1=O)c1ccccc1. The molecular weight excluding hydrogens is 490 g/mol. The van der Waals surface area contributed by atoms with Crippen LogP contribution in [0.15, 0.2) is 78.9 Å². The van der Waals surface area contributed by atoms with Gasteiger partial charge in [-0.15, -0.1) is 0 Å². The molecule has 38 heavy (non-hydrogen) atoms. The molecule has 2 atom stereocenters. The van der Waals surface area contributed by atoms with Crippen LogP contribution in [0.1, 0.15) is 47.0 Å². The van der Waals surface area contributed by atoms with Crippen LogP contribution in [0.2, 0.25) is 0 Å². The maximum atomic E-state index is 13.5. The van der Waals surface area contributed by atoms with E-state index in [9.17, 15) is 24.5 Å². The first-order chi connectivity index (χ1) is 18.4. The first-order valence-corrected chi connectivity index (χ1v) is 12.1. The summed E-state index contributed by atoms with van der Waals surface area (Å²) in [5.41, 5.74) is 1.22. The molecule has 2 amide bonds. The molecule has 0 fully saturated rings. The summed E-state index contributed by atoms with van der Waals surface area (Å²) in [7, 11) is 0. The lowest BCUT2D eigenvalue weighted by Crippen LogP contribution is -2.43. The van der Waals surface area contributed by atoms with Gasteiger partial charge in [0, 0.05) is 12.1 Å². The summed E-state index contributed by atoms with van der Waals surface area (Å²) in [6, 6.07) is 21.3. The van der Waals surface area contributed by atoms with E-state index in [1.165, 1.54) is 17.0 Å². The quantitative estimate of drug-likeness (QED) is 0.258. The minimum Gasteiger partial charge on any atom is -0.483 e. The van der Waals surface area contributed by atoms with Gasteiger partial charge in [-0.1, -0.05) is 60.7 Å². The van der Waals surface area contributed by atoms with E-state index >= 15 is 0 Å². The number of amides is 2. The normalized spacial score (nSPS) is 15.4. The van der Waals surface area contributed by atoms with Gasteiger partial charge >= 0.3 is 5.97 Å². The second-order valence-corrected chi connectivity index (χ2v) is 8.68. The number of carbonyl (C=O) groups excluding carboxylic acids is 3. The highest BCUT2D eigenvalue weighted by molar-refractivity contribution is 5.99. The number of ether oxygens (including phenoxy) is 2. The maximum Gasteiger partial charge on any atom is 0.308 e. The number of hydrogen-bond acceptors (Lipinski definition) is 7. The number of hydrogen-bond donors (Lipinski definition) is 1. The Morgan fingerprint density at radius 1 is 1.11 bits per heavy atom. The molecule has 1 aliphatic heterocycles. The average Bonchev–Trinajstić information content (AvgIpc) is 3.05. The van der Waals surface area contributed by atoms with Crippen molar-refractivity contribution in [2.75, 3.05) is 19.7 Å². The smallest absolute Gasteiger partial charge is 0.308 e. The van der Waals surface area contributed by atoms with Crippen LogP contribution in [0, 0.1) is 10.1 Å². The van der Waals surface area contributed by atoms with E-state index in [-0.39, 0.29) is 43.1 Å². The number of fused-ring (bicyclic) bond motifs is 1. The third kappa shape index (κ3) is 6.33. The molecule has 0 saturated heterocycles. The van der Waals surface area contributed by atoms with E-state index in [4.69, 9.17) is 9.47 Å². The third-order valence-corrected chi connectivity index (χ3v) is 6.07. The lowest BCUT2D eigenvalue weighted by atomic mass is 10.0. The van der Waals surface area contributed by atoms with Crippen molar-refractivity contribution in [3.63, 3.8) is 0 Å². The van der Waals surface area contributed by atoms with E-state index in [0.717, 1.165) is 11.6 Å². The number of nitro benzene ring substituents is 1. The summed E-state index contributed by atoms with van der Waals surface area (Å²) in [6.45, 7) is 1.60. The highest BCUT2D eigenvalue weighted by atomic mass is 16.6. The first-order valence-electron chi connectivity index (χ1n) is 12.1. The molecule has 0 radical (unpaired) electrons. The molecule has 3 aromatic rings. The van der Waals surface area contributed by atoms with Gasteiger partial charge in [-0.05, 0) is 24.1 Å². The van der Waals surface area contributed by atoms with Gasteiger partial charge in [-0.2, -0.15) is 0 Å². The number of nitro groups is 1. The van der Waals surface area contributed by atoms with E-state index < -0.39 is 34.9 Å². The van der Waals surface area contributed by atoms with E-state index in [0.29, 0.717) is 5.56 Å². The monoisotopic (exact) mass is 517 g/mol. The predicted octanol–water partition coefficient (Wildman–Crippen LogP) is 3.98. The van der Waals surface area contributed by atoms with Gasteiger partial charge in [-0.3, -0.25) is 24.5 Å². The van der Waals surface area contributed by atoms with Gasteiger partial charge in [0.2, 0.25) is 5.91 Å². The molecule has 1 heterocycles. The van der Waals surface area contributed by atoms with Crippen LogP contribution in [0.5, 0.6) is 5.75 Å². The van der Waals surface area contributed by atoms with Gasteiger partial charge < -0.3 is 19.7 Å². The zero-order valence-electron chi connectivity index (χ0n) is 20.7. The van der Waals surface area contributed by atoms with Crippen LogP contribution < -0.4 is 10.1 Å². The van der Waals surface area contributed by atoms with Crippen LogP contribution in [-0.4, -0.2) is 47.3 Å². The van der Waals surface area contributed by atoms with Gasteiger partial charge in [0.15, 0.2) is 0 Å². The Morgan fingerprint density at radius 3 is 2.45 bits per heavy atom. The second kappa shape index (κ2) is 12.0. The molecule has 0 spiro atoms. The van der Waals surface area contributed by atoms with E-state index in [2.05, 4.69) is 5.32 Å². The molecule has 4 rings (SSSR count). The summed E-state index contributed by atoms with van der Waals surface area (Å²) in [6.07, 6.45) is -0.692. The number of carbonyl (C=O) groups is 3. The van der Waals surface area contributed by atoms with Gasteiger partial charge in [0.25, 0.3) is 11.6 Å². The number of nitrogens with zero attached hydrogens (tertiary/aromatic N) is 2. The fraction of sp³-hybridized carbons (Fsp3) is 0.250. The Morgan fingerprint density at radius 2 is 1.79 bits per heavy atom. The van der Waals surface area contributed by atoms with Crippen LogP contribution >= 0.6 is 0 Å². The molecule has 3 aromatic carbocycles. The molecule has 0 aliphatic carbocycles. The Hall–Kier alpha value is -4.73. The molecule has 1 N–H and O–H groups in total. The summed E-state index contributed by atoms with van der Waals surface area (Å²) in [5, 5.41) is 14.2. The molecular formula is C28H27N3O7. The van der Waals surface area contributed by atoms with Crippen LogP contribution in [-0.2, 0) is 14.3 Å². The van der Waals surface area contributed by atoms with Gasteiger partial charge in [0.1, 0.15) is 18.4 Å². The highest BCUT2D eigenvalue weighted by Crippen LogP contribution is 2.33. The van der Waals surface area contributed by atoms with Crippen molar-refractivity contribution in [1.29, 1.82) is 0 Å². The summed E-state index contributed by atoms with van der Waals surface area (Å²) >= 11 is 0. The Labute approximate surface area is 219 Å². The van der Waals surface area contributed by atoms with Crippen LogP contribution in [0.3, 0.4) is 0 Å². The number of nitrogens with one attached hydrogen (secondary N) is 1. The molecule has 10 heteroatoms. The molecule has 196 valence electrons. The fourth-order valence-corrected chi connectivity index (χ4v) is 4.26. The fourth-order valence-electron chi connectivity index (χ4n) is 4.26. The minimum atomic E-state index is -0.667. The van der Waals surface area contributed by atoms with Crippen molar-refractivity contribution in [3.8, 4) is 5.75 Å². The largest absolute Gasteiger partial charge is 0.483 e. The molecule has 10 nitrogen and oxygen atoms in total. The van der Waals surface area contributed by atoms with Gasteiger partial charge in [-0.25, -0.2) is 0 Å². The lowest BCUT2D eigenvalue weighted by Gasteiger charge is -2.25. The van der Waals surface area contributed by atoms with Crippen molar-refractivity contribution >= 4 is 23.5 Å². The maximum absolute atomic E-state index is 13.5. The molecule has 0 aromatic heterocycles. The molecule has 0 unspecified atom stereocenters. The average molecular weight is 518 g/mol. The minimum absolute atomic E-state index is 0.00318. The van der Waals surface area contributed by atoms with Crippen molar-refractivity contribution < 1.29 is 28.8 Å². The molecule has 0 bridgehead atoms. The first kappa shape index (κ1) is 26.3. The Kier molecular flexibility index (Phi) is 8.32. The standard InChI is InChI=1S/C28H27N3O7/c1-2-37-27(33)16-23(19-9-5-3-6-10-19)29-26(32)18-30-17-25(20-11-7-4-8-12-20)38-24-14-13-21(31(35)36)15-22(24)28(30)34/h3-15,23,25H,2,16-18H2,1H3,(H,29,32)/t23-,25-/m1/s1. The van der Waals surface area contributed by atoms with Gasteiger partial charge in [0.05, 0.1) is 36.1 Å². The Balaban J connectivity index is 1.60. The number of esters is 1.